The van der Waals surface area contributed by atoms with Crippen LogP contribution in [0, 0.1) is 5.92 Å². The molecule has 18 heavy (non-hydrogen) atoms. The van der Waals surface area contributed by atoms with Crippen molar-refractivity contribution in [1.82, 2.24) is 5.32 Å². The smallest absolute Gasteiger partial charge is 0.311 e. The summed E-state index contributed by atoms with van der Waals surface area (Å²) in [5.41, 5.74) is 0. The highest BCUT2D eigenvalue weighted by Crippen LogP contribution is 2.15. The monoisotopic (exact) mass is 269 g/mol. The Morgan fingerprint density at radius 1 is 1.50 bits per heavy atom. The van der Waals surface area contributed by atoms with E-state index in [0.29, 0.717) is 12.8 Å². The summed E-state index contributed by atoms with van der Waals surface area (Å²) in [7, 11) is 0. The summed E-state index contributed by atoms with van der Waals surface area (Å²) in [6.45, 7) is 0.451. The van der Waals surface area contributed by atoms with Crippen molar-refractivity contribution in [2.75, 3.05) is 13.2 Å². The van der Waals surface area contributed by atoms with Crippen LogP contribution in [0.1, 0.15) is 11.3 Å². The van der Waals surface area contributed by atoms with Crippen LogP contribution in [0.2, 0.25) is 0 Å². The van der Waals surface area contributed by atoms with Crippen molar-refractivity contribution < 1.29 is 19.4 Å². The van der Waals surface area contributed by atoms with Crippen LogP contribution in [-0.4, -0.2) is 36.2 Å². The molecule has 0 aliphatic carbocycles. The van der Waals surface area contributed by atoms with Gasteiger partial charge in [-0.05, 0) is 17.9 Å². The van der Waals surface area contributed by atoms with Gasteiger partial charge in [-0.25, -0.2) is 0 Å². The minimum atomic E-state index is -0.920. The van der Waals surface area contributed by atoms with E-state index < -0.39 is 17.9 Å². The molecule has 1 aliphatic heterocycles. The van der Waals surface area contributed by atoms with Gasteiger partial charge in [0.15, 0.2) is 0 Å². The fourth-order valence-corrected chi connectivity index (χ4v) is 2.62. The summed E-state index contributed by atoms with van der Waals surface area (Å²) in [4.78, 5) is 23.8. The van der Waals surface area contributed by atoms with E-state index >= 15 is 0 Å². The first-order chi connectivity index (χ1) is 8.66. The molecule has 0 spiro atoms. The standard InChI is InChI=1S/C12H15NO4S/c14-11(4-3-8-2-1-5-18-8)13-10-7-17-6-9(10)12(15)16/h1-2,5,9-10H,3-4,6-7H2,(H,13,14)(H,15,16). The Hall–Kier alpha value is -1.40. The Bertz CT molecular complexity index is 418. The lowest BCUT2D eigenvalue weighted by Crippen LogP contribution is -2.42. The van der Waals surface area contributed by atoms with Gasteiger partial charge in [0.25, 0.3) is 0 Å². The molecule has 6 heteroatoms. The predicted octanol–water partition coefficient (Wildman–Crippen LogP) is 0.896. The third-order valence-electron chi connectivity index (χ3n) is 2.92. The fourth-order valence-electron chi connectivity index (χ4n) is 1.91. The van der Waals surface area contributed by atoms with Gasteiger partial charge in [-0.15, -0.1) is 11.3 Å². The molecular formula is C12H15NO4S. The Kier molecular flexibility index (Phi) is 4.33. The number of rotatable bonds is 5. The van der Waals surface area contributed by atoms with E-state index in [1.165, 1.54) is 0 Å². The zero-order valence-corrected chi connectivity index (χ0v) is 10.6. The van der Waals surface area contributed by atoms with Crippen molar-refractivity contribution >= 4 is 23.2 Å². The summed E-state index contributed by atoms with van der Waals surface area (Å²) < 4.78 is 5.09. The highest BCUT2D eigenvalue weighted by atomic mass is 32.1. The Morgan fingerprint density at radius 2 is 2.33 bits per heavy atom. The first-order valence-corrected chi connectivity index (χ1v) is 6.67. The number of thiophene rings is 1. The number of carboxylic acid groups (broad SMARTS) is 1. The molecule has 1 fully saturated rings. The maximum atomic E-state index is 11.7. The first kappa shape index (κ1) is 13.0. The number of aryl methyl sites for hydroxylation is 1. The van der Waals surface area contributed by atoms with E-state index in [9.17, 15) is 9.59 Å². The summed E-state index contributed by atoms with van der Waals surface area (Å²) in [6.07, 6.45) is 1.07. The van der Waals surface area contributed by atoms with Gasteiger partial charge in [-0.2, -0.15) is 0 Å². The Morgan fingerprint density at radius 3 is 3.00 bits per heavy atom. The van der Waals surface area contributed by atoms with Crippen LogP contribution in [-0.2, 0) is 20.7 Å². The summed E-state index contributed by atoms with van der Waals surface area (Å²) >= 11 is 1.61. The average molecular weight is 269 g/mol. The van der Waals surface area contributed by atoms with Crippen LogP contribution < -0.4 is 5.32 Å². The number of carbonyl (C=O) groups excluding carboxylic acids is 1. The van der Waals surface area contributed by atoms with Gasteiger partial charge in [-0.1, -0.05) is 6.07 Å². The quantitative estimate of drug-likeness (QED) is 0.832. The van der Waals surface area contributed by atoms with Crippen molar-refractivity contribution in [3.63, 3.8) is 0 Å². The van der Waals surface area contributed by atoms with Gasteiger partial charge in [0.1, 0.15) is 5.92 Å². The van der Waals surface area contributed by atoms with Gasteiger partial charge in [0.05, 0.1) is 19.3 Å². The van der Waals surface area contributed by atoms with Crippen LogP contribution in [0.15, 0.2) is 17.5 Å². The molecule has 1 aromatic rings. The van der Waals surface area contributed by atoms with Crippen molar-refractivity contribution in [2.24, 2.45) is 5.92 Å². The van der Waals surface area contributed by atoms with E-state index in [-0.39, 0.29) is 19.1 Å². The highest BCUT2D eigenvalue weighted by molar-refractivity contribution is 7.09. The van der Waals surface area contributed by atoms with Gasteiger partial charge in [0, 0.05) is 11.3 Å². The lowest BCUT2D eigenvalue weighted by Gasteiger charge is -2.15. The fraction of sp³-hybridized carbons (Fsp3) is 0.500. The molecule has 1 aliphatic rings. The van der Waals surface area contributed by atoms with Gasteiger partial charge in [-0.3, -0.25) is 9.59 Å². The molecule has 1 amide bonds. The number of amides is 1. The SMILES string of the molecule is O=C(CCc1cccs1)NC1COCC1C(=O)O. The van der Waals surface area contributed by atoms with E-state index in [4.69, 9.17) is 9.84 Å². The summed E-state index contributed by atoms with van der Waals surface area (Å²) in [5.74, 6) is -1.67. The maximum Gasteiger partial charge on any atom is 0.311 e. The average Bonchev–Trinajstić information content (AvgIpc) is 2.96. The van der Waals surface area contributed by atoms with Crippen LogP contribution in [0.4, 0.5) is 0 Å². The van der Waals surface area contributed by atoms with Crippen molar-refractivity contribution in [1.29, 1.82) is 0 Å². The molecule has 2 unspecified atom stereocenters. The molecule has 0 bridgehead atoms. The first-order valence-electron chi connectivity index (χ1n) is 5.79. The molecule has 5 nitrogen and oxygen atoms in total. The van der Waals surface area contributed by atoms with E-state index in [0.717, 1.165) is 4.88 Å². The van der Waals surface area contributed by atoms with Crippen LogP contribution in [0.25, 0.3) is 0 Å². The predicted molar refractivity (Wildman–Crippen MR) is 66.5 cm³/mol. The second-order valence-corrected chi connectivity index (χ2v) is 5.27. The third-order valence-corrected chi connectivity index (χ3v) is 3.86. The van der Waals surface area contributed by atoms with Crippen LogP contribution >= 0.6 is 11.3 Å². The van der Waals surface area contributed by atoms with E-state index in [1.54, 1.807) is 11.3 Å². The van der Waals surface area contributed by atoms with E-state index in [1.807, 2.05) is 17.5 Å². The lowest BCUT2D eigenvalue weighted by molar-refractivity contribution is -0.142. The van der Waals surface area contributed by atoms with Crippen LogP contribution in [0.3, 0.4) is 0 Å². The minimum Gasteiger partial charge on any atom is -0.481 e. The Balaban J connectivity index is 1.78. The van der Waals surface area contributed by atoms with Crippen molar-refractivity contribution in [3.8, 4) is 0 Å². The number of hydrogen-bond donors (Lipinski definition) is 2. The normalized spacial score (nSPS) is 22.9. The molecule has 2 atom stereocenters. The van der Waals surface area contributed by atoms with Crippen molar-refractivity contribution in [2.45, 2.75) is 18.9 Å². The molecule has 1 aromatic heterocycles. The van der Waals surface area contributed by atoms with Crippen LogP contribution in [0.5, 0.6) is 0 Å². The van der Waals surface area contributed by atoms with Gasteiger partial charge < -0.3 is 15.2 Å². The lowest BCUT2D eigenvalue weighted by atomic mass is 10.0. The molecule has 0 radical (unpaired) electrons. The summed E-state index contributed by atoms with van der Waals surface area (Å²) in [6, 6.07) is 3.53. The van der Waals surface area contributed by atoms with E-state index in [2.05, 4.69) is 5.32 Å². The summed E-state index contributed by atoms with van der Waals surface area (Å²) in [5, 5.41) is 13.7. The largest absolute Gasteiger partial charge is 0.481 e. The molecule has 2 N–H and O–H groups in total. The minimum absolute atomic E-state index is 0.120. The Labute approximate surface area is 109 Å². The number of nitrogens with one attached hydrogen (secondary N) is 1. The molecular weight excluding hydrogens is 254 g/mol. The van der Waals surface area contributed by atoms with Crippen molar-refractivity contribution in [3.05, 3.63) is 22.4 Å². The number of aliphatic carboxylic acids is 1. The zero-order valence-electron chi connectivity index (χ0n) is 9.80. The molecule has 2 heterocycles. The van der Waals surface area contributed by atoms with Gasteiger partial charge in [0.2, 0.25) is 5.91 Å². The molecule has 0 saturated carbocycles. The number of ether oxygens (including phenoxy) is 1. The zero-order chi connectivity index (χ0) is 13.0. The maximum absolute atomic E-state index is 11.7. The third kappa shape index (κ3) is 3.30. The second kappa shape index (κ2) is 5.97. The second-order valence-electron chi connectivity index (χ2n) is 4.24. The number of hydrogen-bond acceptors (Lipinski definition) is 4. The number of carboxylic acids is 1. The van der Waals surface area contributed by atoms with Gasteiger partial charge >= 0.3 is 5.97 Å². The topological polar surface area (TPSA) is 75.6 Å². The molecule has 1 saturated heterocycles. The molecule has 98 valence electrons. The highest BCUT2D eigenvalue weighted by Gasteiger charge is 2.34. The molecule has 2 rings (SSSR count). The number of carbonyl (C=O) groups is 2. The molecule has 0 aromatic carbocycles.